The maximum absolute atomic E-state index is 11.9. The molecule has 2 atom stereocenters. The standard InChI is InChI=1S/C12H16O4/c1-15-10(13)7-12(11(14)16-2)6-8-3-4-9(12)5-8/h3,9H,4-7H2,1-2H3. The molecule has 0 heterocycles. The van der Waals surface area contributed by atoms with Crippen LogP contribution in [0, 0.1) is 11.3 Å². The van der Waals surface area contributed by atoms with E-state index in [1.54, 1.807) is 0 Å². The predicted molar refractivity (Wildman–Crippen MR) is 56.5 cm³/mol. The zero-order valence-corrected chi connectivity index (χ0v) is 9.62. The van der Waals surface area contributed by atoms with Gasteiger partial charge in [0.25, 0.3) is 0 Å². The van der Waals surface area contributed by atoms with Gasteiger partial charge in [-0.25, -0.2) is 0 Å². The Hall–Kier alpha value is -1.32. The van der Waals surface area contributed by atoms with Gasteiger partial charge in [0.2, 0.25) is 0 Å². The highest BCUT2D eigenvalue weighted by Crippen LogP contribution is 2.55. The molecule has 0 radical (unpaired) electrons. The quantitative estimate of drug-likeness (QED) is 0.538. The minimum Gasteiger partial charge on any atom is -0.469 e. The molecule has 0 aromatic rings. The number of methoxy groups -OCH3 is 2. The molecule has 2 rings (SSSR count). The van der Waals surface area contributed by atoms with E-state index in [1.807, 2.05) is 0 Å². The second-order valence-electron chi connectivity index (χ2n) is 4.58. The largest absolute Gasteiger partial charge is 0.469 e. The van der Waals surface area contributed by atoms with Crippen LogP contribution in [0.15, 0.2) is 11.6 Å². The van der Waals surface area contributed by atoms with Crippen LogP contribution in [0.3, 0.4) is 0 Å². The van der Waals surface area contributed by atoms with Gasteiger partial charge in [-0.3, -0.25) is 9.59 Å². The first kappa shape index (κ1) is 11.2. The van der Waals surface area contributed by atoms with Crippen molar-refractivity contribution in [1.29, 1.82) is 0 Å². The molecule has 1 saturated carbocycles. The number of hydrogen-bond acceptors (Lipinski definition) is 4. The van der Waals surface area contributed by atoms with Gasteiger partial charge < -0.3 is 9.47 Å². The van der Waals surface area contributed by atoms with Gasteiger partial charge in [-0.15, -0.1) is 0 Å². The monoisotopic (exact) mass is 224 g/mol. The Balaban J connectivity index is 2.24. The lowest BCUT2D eigenvalue weighted by Gasteiger charge is -2.31. The fourth-order valence-electron chi connectivity index (χ4n) is 2.96. The zero-order chi connectivity index (χ0) is 11.8. The molecule has 88 valence electrons. The van der Waals surface area contributed by atoms with Crippen LogP contribution in [0.1, 0.15) is 25.7 Å². The molecule has 0 amide bonds. The summed E-state index contributed by atoms with van der Waals surface area (Å²) in [5, 5.41) is 0. The fraction of sp³-hybridized carbons (Fsp3) is 0.667. The van der Waals surface area contributed by atoms with Crippen molar-refractivity contribution in [1.82, 2.24) is 0 Å². The first-order valence-corrected chi connectivity index (χ1v) is 5.45. The van der Waals surface area contributed by atoms with Crippen LogP contribution in [-0.2, 0) is 19.1 Å². The van der Waals surface area contributed by atoms with Crippen LogP contribution in [0.2, 0.25) is 0 Å². The molecule has 2 bridgehead atoms. The topological polar surface area (TPSA) is 52.6 Å². The second-order valence-corrected chi connectivity index (χ2v) is 4.58. The lowest BCUT2D eigenvalue weighted by atomic mass is 9.72. The summed E-state index contributed by atoms with van der Waals surface area (Å²) in [6.07, 6.45) is 4.76. The van der Waals surface area contributed by atoms with E-state index in [-0.39, 0.29) is 24.3 Å². The third kappa shape index (κ3) is 1.52. The summed E-state index contributed by atoms with van der Waals surface area (Å²) < 4.78 is 9.53. The highest BCUT2D eigenvalue weighted by Gasteiger charge is 2.54. The molecule has 0 aromatic carbocycles. The fourth-order valence-corrected chi connectivity index (χ4v) is 2.96. The number of carbonyl (C=O) groups excluding carboxylic acids is 2. The average molecular weight is 224 g/mol. The Morgan fingerprint density at radius 2 is 2.19 bits per heavy atom. The van der Waals surface area contributed by atoms with Crippen LogP contribution in [0.25, 0.3) is 0 Å². The number of fused-ring (bicyclic) bond motifs is 2. The molecule has 4 heteroatoms. The molecule has 1 fully saturated rings. The first-order valence-electron chi connectivity index (χ1n) is 5.45. The van der Waals surface area contributed by atoms with E-state index in [4.69, 9.17) is 4.74 Å². The van der Waals surface area contributed by atoms with E-state index in [0.717, 1.165) is 12.8 Å². The average Bonchev–Trinajstić information content (AvgIpc) is 2.88. The van der Waals surface area contributed by atoms with E-state index in [1.165, 1.54) is 19.8 Å². The number of ether oxygens (including phenoxy) is 2. The lowest BCUT2D eigenvalue weighted by Crippen LogP contribution is -2.39. The van der Waals surface area contributed by atoms with Gasteiger partial charge in [-0.1, -0.05) is 11.6 Å². The van der Waals surface area contributed by atoms with Gasteiger partial charge in [0.05, 0.1) is 26.1 Å². The summed E-state index contributed by atoms with van der Waals surface area (Å²) in [6.45, 7) is 0. The van der Waals surface area contributed by atoms with Crippen LogP contribution in [0.5, 0.6) is 0 Å². The number of carbonyl (C=O) groups is 2. The normalized spacial score (nSPS) is 31.1. The highest BCUT2D eigenvalue weighted by atomic mass is 16.5. The minimum atomic E-state index is -0.661. The van der Waals surface area contributed by atoms with Crippen molar-refractivity contribution in [2.45, 2.75) is 25.7 Å². The molecule has 0 N–H and O–H groups in total. The molecule has 0 spiro atoms. The molecule has 4 nitrogen and oxygen atoms in total. The molecule has 0 aliphatic heterocycles. The van der Waals surface area contributed by atoms with Crippen LogP contribution in [0.4, 0.5) is 0 Å². The predicted octanol–water partition coefficient (Wildman–Crippen LogP) is 1.45. The van der Waals surface area contributed by atoms with Crippen molar-refractivity contribution in [2.24, 2.45) is 11.3 Å². The molecule has 2 unspecified atom stereocenters. The van der Waals surface area contributed by atoms with E-state index in [2.05, 4.69) is 10.8 Å². The maximum Gasteiger partial charge on any atom is 0.313 e. The van der Waals surface area contributed by atoms with Crippen molar-refractivity contribution in [2.75, 3.05) is 14.2 Å². The SMILES string of the molecule is COC(=O)CC1(C(=O)OC)CC2=CCC1C2. The van der Waals surface area contributed by atoms with Gasteiger partial charge in [0, 0.05) is 0 Å². The van der Waals surface area contributed by atoms with Gasteiger partial charge in [-0.2, -0.15) is 0 Å². The third-order valence-electron chi connectivity index (χ3n) is 3.80. The van der Waals surface area contributed by atoms with E-state index in [9.17, 15) is 9.59 Å². The summed E-state index contributed by atoms with van der Waals surface area (Å²) in [5.41, 5.74) is 0.616. The van der Waals surface area contributed by atoms with Crippen molar-refractivity contribution in [3.05, 3.63) is 11.6 Å². The van der Waals surface area contributed by atoms with Crippen molar-refractivity contribution in [3.8, 4) is 0 Å². The van der Waals surface area contributed by atoms with Crippen molar-refractivity contribution in [3.63, 3.8) is 0 Å². The van der Waals surface area contributed by atoms with Crippen LogP contribution in [-0.4, -0.2) is 26.2 Å². The van der Waals surface area contributed by atoms with Crippen LogP contribution >= 0.6 is 0 Å². The molecular formula is C12H16O4. The van der Waals surface area contributed by atoms with Gasteiger partial charge in [0.15, 0.2) is 0 Å². The summed E-state index contributed by atoms with van der Waals surface area (Å²) in [5.74, 6) is -0.390. The van der Waals surface area contributed by atoms with Gasteiger partial charge in [-0.05, 0) is 25.2 Å². The molecule has 16 heavy (non-hydrogen) atoms. The van der Waals surface area contributed by atoms with E-state index in [0.29, 0.717) is 6.42 Å². The molecule has 2 aliphatic rings. The zero-order valence-electron chi connectivity index (χ0n) is 9.62. The molecular weight excluding hydrogens is 208 g/mol. The first-order chi connectivity index (χ1) is 7.62. The second kappa shape index (κ2) is 3.92. The Kier molecular flexibility index (Phi) is 2.74. The lowest BCUT2D eigenvalue weighted by molar-refractivity contribution is -0.162. The Morgan fingerprint density at radius 1 is 1.44 bits per heavy atom. The summed E-state index contributed by atoms with van der Waals surface area (Å²) in [6, 6.07) is 0. The minimum absolute atomic E-state index is 0.137. The number of rotatable bonds is 3. The van der Waals surface area contributed by atoms with Crippen LogP contribution < -0.4 is 0 Å². The highest BCUT2D eigenvalue weighted by molar-refractivity contribution is 5.85. The Morgan fingerprint density at radius 3 is 2.62 bits per heavy atom. The van der Waals surface area contributed by atoms with Gasteiger partial charge in [0.1, 0.15) is 0 Å². The third-order valence-corrected chi connectivity index (χ3v) is 3.80. The number of esters is 2. The smallest absolute Gasteiger partial charge is 0.313 e. The molecule has 2 aliphatic carbocycles. The number of allylic oxidation sites excluding steroid dienone is 2. The Labute approximate surface area is 94.6 Å². The molecule has 0 saturated heterocycles. The molecule has 0 aromatic heterocycles. The van der Waals surface area contributed by atoms with E-state index >= 15 is 0 Å². The van der Waals surface area contributed by atoms with Crippen molar-refractivity contribution >= 4 is 11.9 Å². The van der Waals surface area contributed by atoms with E-state index < -0.39 is 5.41 Å². The summed E-state index contributed by atoms with van der Waals surface area (Å²) >= 11 is 0. The van der Waals surface area contributed by atoms with Crippen molar-refractivity contribution < 1.29 is 19.1 Å². The maximum atomic E-state index is 11.9. The summed E-state index contributed by atoms with van der Waals surface area (Å²) in [4.78, 5) is 23.3. The van der Waals surface area contributed by atoms with Gasteiger partial charge >= 0.3 is 11.9 Å². The Bertz CT molecular complexity index is 358. The summed E-state index contributed by atoms with van der Waals surface area (Å²) in [7, 11) is 2.72. The number of hydrogen-bond donors (Lipinski definition) is 0.